The van der Waals surface area contributed by atoms with E-state index in [1.54, 1.807) is 6.21 Å². The van der Waals surface area contributed by atoms with Crippen molar-refractivity contribution in [2.45, 2.75) is 13.8 Å². The second-order valence-corrected chi connectivity index (χ2v) is 7.77. The Hall–Kier alpha value is -3.25. The van der Waals surface area contributed by atoms with Gasteiger partial charge in [0.05, 0.1) is 6.21 Å². The van der Waals surface area contributed by atoms with Crippen molar-refractivity contribution in [2.75, 3.05) is 0 Å². The minimum Gasteiger partial charge on any atom is -0.347 e. The average molecular weight is 388 g/mol. The van der Waals surface area contributed by atoms with Crippen molar-refractivity contribution in [1.82, 2.24) is 15.0 Å². The number of nitrogens with zero attached hydrogens (tertiary/aromatic N) is 3. The first-order valence-corrected chi connectivity index (χ1v) is 9.78. The second-order valence-electron chi connectivity index (χ2n) is 6.56. The number of nitrogens with one attached hydrogen (secondary N) is 1. The zero-order chi connectivity index (χ0) is 19.7. The van der Waals surface area contributed by atoms with Gasteiger partial charge in [-0.3, -0.25) is 4.79 Å². The van der Waals surface area contributed by atoms with Crippen LogP contribution in [0.4, 0.5) is 0 Å². The van der Waals surface area contributed by atoms with E-state index in [2.05, 4.69) is 32.2 Å². The molecule has 0 fully saturated rings. The first-order chi connectivity index (χ1) is 13.6. The SMILES string of the molecule is Cc1sc(-c2ccccc2)nc1C(=O)N/N=C\c1c(C)n(C)c2ccccc12. The highest BCUT2D eigenvalue weighted by molar-refractivity contribution is 7.15. The van der Waals surface area contributed by atoms with Gasteiger partial charge in [0.25, 0.3) is 5.91 Å². The Labute approximate surface area is 167 Å². The molecule has 1 amide bonds. The number of aromatic nitrogens is 2. The third-order valence-electron chi connectivity index (χ3n) is 4.84. The van der Waals surface area contributed by atoms with Crippen molar-refractivity contribution in [2.24, 2.45) is 12.1 Å². The molecule has 2 aromatic carbocycles. The van der Waals surface area contributed by atoms with Crippen LogP contribution in [0.15, 0.2) is 59.7 Å². The maximum Gasteiger partial charge on any atom is 0.291 e. The predicted molar refractivity (Wildman–Crippen MR) is 115 cm³/mol. The van der Waals surface area contributed by atoms with Gasteiger partial charge in [-0.2, -0.15) is 5.10 Å². The van der Waals surface area contributed by atoms with Crippen LogP contribution < -0.4 is 5.43 Å². The Morgan fingerprint density at radius 2 is 1.82 bits per heavy atom. The van der Waals surface area contributed by atoms with Gasteiger partial charge in [-0.05, 0) is 19.9 Å². The van der Waals surface area contributed by atoms with Crippen LogP contribution in [-0.2, 0) is 7.05 Å². The fraction of sp³-hybridized carbons (Fsp3) is 0.136. The largest absolute Gasteiger partial charge is 0.347 e. The summed E-state index contributed by atoms with van der Waals surface area (Å²) >= 11 is 1.51. The van der Waals surface area contributed by atoms with Crippen molar-refractivity contribution < 1.29 is 4.79 Å². The Morgan fingerprint density at radius 1 is 1.11 bits per heavy atom. The molecule has 140 valence electrons. The lowest BCUT2D eigenvalue weighted by molar-refractivity contribution is 0.0950. The summed E-state index contributed by atoms with van der Waals surface area (Å²) in [6.45, 7) is 3.94. The third kappa shape index (κ3) is 3.23. The van der Waals surface area contributed by atoms with Gasteiger partial charge in [-0.25, -0.2) is 10.4 Å². The molecule has 5 nitrogen and oxygen atoms in total. The van der Waals surface area contributed by atoms with Crippen LogP contribution in [0.25, 0.3) is 21.5 Å². The molecule has 0 bridgehead atoms. The maximum atomic E-state index is 12.6. The maximum absolute atomic E-state index is 12.6. The van der Waals surface area contributed by atoms with Crippen LogP contribution in [0, 0.1) is 13.8 Å². The number of para-hydroxylation sites is 1. The van der Waals surface area contributed by atoms with Crippen LogP contribution in [0.2, 0.25) is 0 Å². The Kier molecular flexibility index (Phi) is 4.79. The van der Waals surface area contributed by atoms with Gasteiger partial charge in [0.2, 0.25) is 0 Å². The summed E-state index contributed by atoms with van der Waals surface area (Å²) in [5.41, 5.74) is 7.26. The van der Waals surface area contributed by atoms with Crippen LogP contribution in [0.5, 0.6) is 0 Å². The van der Waals surface area contributed by atoms with Gasteiger partial charge in [0.15, 0.2) is 0 Å². The van der Waals surface area contributed by atoms with Gasteiger partial charge in [-0.15, -0.1) is 11.3 Å². The molecule has 4 aromatic rings. The van der Waals surface area contributed by atoms with Gasteiger partial charge in [0, 0.05) is 39.6 Å². The van der Waals surface area contributed by atoms with Gasteiger partial charge < -0.3 is 4.57 Å². The smallest absolute Gasteiger partial charge is 0.291 e. The highest BCUT2D eigenvalue weighted by Crippen LogP contribution is 2.27. The number of hydrazone groups is 1. The minimum atomic E-state index is -0.301. The molecule has 0 atom stereocenters. The molecule has 0 aliphatic heterocycles. The molecule has 6 heteroatoms. The van der Waals surface area contributed by atoms with E-state index in [9.17, 15) is 4.79 Å². The molecule has 28 heavy (non-hydrogen) atoms. The Balaban J connectivity index is 1.56. The first kappa shape index (κ1) is 18.1. The molecule has 4 rings (SSSR count). The van der Waals surface area contributed by atoms with E-state index in [1.165, 1.54) is 11.3 Å². The summed E-state index contributed by atoms with van der Waals surface area (Å²) in [6.07, 6.45) is 1.70. The number of carbonyl (C=O) groups is 1. The summed E-state index contributed by atoms with van der Waals surface area (Å²) in [4.78, 5) is 17.9. The van der Waals surface area contributed by atoms with Crippen LogP contribution in [0.3, 0.4) is 0 Å². The van der Waals surface area contributed by atoms with Crippen molar-refractivity contribution in [3.05, 3.63) is 76.4 Å². The minimum absolute atomic E-state index is 0.301. The fourth-order valence-corrected chi connectivity index (χ4v) is 4.15. The lowest BCUT2D eigenvalue weighted by Crippen LogP contribution is -2.19. The van der Waals surface area contributed by atoms with E-state index >= 15 is 0 Å². The molecule has 0 unspecified atom stereocenters. The normalized spacial score (nSPS) is 11.4. The number of rotatable bonds is 4. The average Bonchev–Trinajstić information content (AvgIpc) is 3.22. The molecular formula is C22H20N4OS. The summed E-state index contributed by atoms with van der Waals surface area (Å²) in [7, 11) is 2.03. The first-order valence-electron chi connectivity index (χ1n) is 8.96. The summed E-state index contributed by atoms with van der Waals surface area (Å²) < 4.78 is 2.12. The fourth-order valence-electron chi connectivity index (χ4n) is 3.23. The van der Waals surface area contributed by atoms with Crippen LogP contribution >= 0.6 is 11.3 Å². The molecule has 0 saturated heterocycles. The zero-order valence-electron chi connectivity index (χ0n) is 15.9. The van der Waals surface area contributed by atoms with Crippen molar-refractivity contribution in [1.29, 1.82) is 0 Å². The van der Waals surface area contributed by atoms with E-state index in [-0.39, 0.29) is 5.91 Å². The molecule has 0 aliphatic rings. The van der Waals surface area contributed by atoms with Crippen molar-refractivity contribution in [3.63, 3.8) is 0 Å². The zero-order valence-corrected chi connectivity index (χ0v) is 16.7. The molecule has 0 saturated carbocycles. The molecular weight excluding hydrogens is 368 g/mol. The molecule has 0 aliphatic carbocycles. The monoisotopic (exact) mass is 388 g/mol. The molecule has 2 aromatic heterocycles. The summed E-state index contributed by atoms with van der Waals surface area (Å²) in [5, 5.41) is 6.13. The Morgan fingerprint density at radius 3 is 2.61 bits per heavy atom. The summed E-state index contributed by atoms with van der Waals surface area (Å²) in [6, 6.07) is 18.0. The molecule has 0 spiro atoms. The number of hydrogen-bond donors (Lipinski definition) is 1. The predicted octanol–water partition coefficient (Wildman–Crippen LogP) is 4.68. The number of carbonyl (C=O) groups excluding carboxylic acids is 1. The van der Waals surface area contributed by atoms with E-state index in [0.29, 0.717) is 5.69 Å². The topological polar surface area (TPSA) is 59.3 Å². The lowest BCUT2D eigenvalue weighted by Gasteiger charge is -1.99. The third-order valence-corrected chi connectivity index (χ3v) is 5.86. The van der Waals surface area contributed by atoms with Crippen molar-refractivity contribution >= 4 is 34.4 Å². The van der Waals surface area contributed by atoms with E-state index < -0.39 is 0 Å². The van der Waals surface area contributed by atoms with Crippen LogP contribution in [-0.4, -0.2) is 21.7 Å². The van der Waals surface area contributed by atoms with Gasteiger partial charge >= 0.3 is 0 Å². The van der Waals surface area contributed by atoms with E-state index in [4.69, 9.17) is 0 Å². The van der Waals surface area contributed by atoms with E-state index in [0.717, 1.165) is 37.6 Å². The second kappa shape index (κ2) is 7.40. The van der Waals surface area contributed by atoms with E-state index in [1.807, 2.05) is 63.4 Å². The quantitative estimate of drug-likeness (QED) is 0.407. The molecule has 2 heterocycles. The lowest BCUT2D eigenvalue weighted by atomic mass is 10.1. The van der Waals surface area contributed by atoms with Gasteiger partial charge in [0.1, 0.15) is 10.7 Å². The standard InChI is InChI=1S/C22H20N4OS/c1-14-18(17-11-7-8-12-19(17)26(14)3)13-23-25-21(27)20-15(2)28-22(24-20)16-9-5-4-6-10-16/h4-13H,1-3H3,(H,25,27)/b23-13-. The highest BCUT2D eigenvalue weighted by Gasteiger charge is 2.16. The number of fused-ring (bicyclic) bond motifs is 1. The van der Waals surface area contributed by atoms with Crippen molar-refractivity contribution in [3.8, 4) is 10.6 Å². The summed E-state index contributed by atoms with van der Waals surface area (Å²) in [5.74, 6) is -0.301. The Bertz CT molecular complexity index is 1190. The highest BCUT2D eigenvalue weighted by atomic mass is 32.1. The molecule has 1 N–H and O–H groups in total. The number of hydrogen-bond acceptors (Lipinski definition) is 4. The number of benzene rings is 2. The van der Waals surface area contributed by atoms with Crippen LogP contribution in [0.1, 0.15) is 26.6 Å². The van der Waals surface area contributed by atoms with Gasteiger partial charge in [-0.1, -0.05) is 48.5 Å². The number of thiazole rings is 1. The molecule has 0 radical (unpaired) electrons. The number of amides is 1. The number of aryl methyl sites for hydroxylation is 2.